The van der Waals surface area contributed by atoms with Crippen molar-refractivity contribution in [2.45, 2.75) is 17.8 Å². The molecule has 24 heavy (non-hydrogen) atoms. The van der Waals surface area contributed by atoms with Crippen molar-refractivity contribution in [3.63, 3.8) is 0 Å². The fourth-order valence-corrected chi connectivity index (χ4v) is 3.28. The molecule has 1 aromatic heterocycles. The van der Waals surface area contributed by atoms with Crippen LogP contribution in [-0.4, -0.2) is 38.8 Å². The summed E-state index contributed by atoms with van der Waals surface area (Å²) in [5.74, 6) is 7.37. The summed E-state index contributed by atoms with van der Waals surface area (Å²) in [5, 5.41) is 10.6. The van der Waals surface area contributed by atoms with Crippen LogP contribution in [-0.2, 0) is 10.5 Å². The summed E-state index contributed by atoms with van der Waals surface area (Å²) < 4.78 is 0.913. The number of thioether (sulfide) groups is 2. The first-order chi connectivity index (χ1) is 11.6. The molecule has 0 saturated carbocycles. The van der Waals surface area contributed by atoms with E-state index in [4.69, 9.17) is 5.84 Å². The molecule has 0 aliphatic carbocycles. The van der Waals surface area contributed by atoms with Gasteiger partial charge >= 0.3 is 0 Å². The van der Waals surface area contributed by atoms with Crippen LogP contribution >= 0.6 is 23.5 Å². The van der Waals surface area contributed by atoms with Gasteiger partial charge < -0.3 is 11.2 Å². The molecule has 3 N–H and O–H groups in total. The normalized spacial score (nSPS) is 10.5. The number of nitrogens with zero attached hydrogens (tertiary/aromatic N) is 3. The smallest absolute Gasteiger partial charge is 0.294 e. The van der Waals surface area contributed by atoms with Crippen LogP contribution in [0.1, 0.15) is 11.3 Å². The molecule has 0 unspecified atom stereocenters. The summed E-state index contributed by atoms with van der Waals surface area (Å²) in [7, 11) is 0. The van der Waals surface area contributed by atoms with Gasteiger partial charge in [0, 0.05) is 18.1 Å². The highest BCUT2D eigenvalue weighted by Crippen LogP contribution is 2.12. The van der Waals surface area contributed by atoms with E-state index >= 15 is 0 Å². The second-order valence-corrected chi connectivity index (χ2v) is 6.97. The minimum atomic E-state index is -0.412. The first-order valence-corrected chi connectivity index (χ1v) is 9.44. The summed E-state index contributed by atoms with van der Waals surface area (Å²) in [6, 6.07) is 10.2. The lowest BCUT2D eigenvalue weighted by atomic mass is 10.2. The number of aryl methyl sites for hydroxylation is 1. The Kier molecular flexibility index (Phi) is 7.13. The van der Waals surface area contributed by atoms with Gasteiger partial charge in [-0.15, -0.1) is 10.2 Å². The first kappa shape index (κ1) is 18.3. The minimum absolute atomic E-state index is 0.130. The van der Waals surface area contributed by atoms with E-state index in [0.717, 1.165) is 27.9 Å². The van der Waals surface area contributed by atoms with Crippen LogP contribution < -0.4 is 16.7 Å². The Bertz CT molecular complexity index is 736. The van der Waals surface area contributed by atoms with Crippen molar-refractivity contribution in [3.8, 4) is 0 Å². The monoisotopic (exact) mass is 365 g/mol. The van der Waals surface area contributed by atoms with E-state index in [-0.39, 0.29) is 22.5 Å². The molecule has 0 radical (unpaired) electrons. The quantitative estimate of drug-likeness (QED) is 0.405. The lowest BCUT2D eigenvalue weighted by molar-refractivity contribution is -0.118. The second kappa shape index (κ2) is 9.33. The highest BCUT2D eigenvalue weighted by Gasteiger charge is 2.09. The van der Waals surface area contributed by atoms with Crippen molar-refractivity contribution in [1.29, 1.82) is 0 Å². The number of aromatic nitrogens is 3. The van der Waals surface area contributed by atoms with Crippen molar-refractivity contribution >= 4 is 29.4 Å². The van der Waals surface area contributed by atoms with Crippen molar-refractivity contribution in [3.05, 3.63) is 51.9 Å². The van der Waals surface area contributed by atoms with Crippen molar-refractivity contribution in [2.75, 3.05) is 23.9 Å². The number of carbonyl (C=O) groups is 1. The fourth-order valence-electron chi connectivity index (χ4n) is 1.78. The topological polar surface area (TPSA) is 103 Å². The number of carbonyl (C=O) groups excluding carboxylic acids is 1. The average molecular weight is 365 g/mol. The highest BCUT2D eigenvalue weighted by molar-refractivity contribution is 7.99. The number of nitrogen functional groups attached to an aromatic ring is 1. The zero-order valence-electron chi connectivity index (χ0n) is 13.3. The zero-order valence-corrected chi connectivity index (χ0v) is 14.9. The molecule has 0 fully saturated rings. The van der Waals surface area contributed by atoms with E-state index < -0.39 is 5.56 Å². The molecule has 0 saturated heterocycles. The number of rotatable bonds is 8. The largest absolute Gasteiger partial charge is 0.355 e. The maximum Gasteiger partial charge on any atom is 0.294 e. The Morgan fingerprint density at radius 2 is 2.04 bits per heavy atom. The Morgan fingerprint density at radius 1 is 1.29 bits per heavy atom. The molecule has 128 valence electrons. The molecule has 1 aromatic carbocycles. The van der Waals surface area contributed by atoms with E-state index in [1.807, 2.05) is 18.2 Å². The molecule has 2 rings (SSSR count). The number of hydrogen-bond acceptors (Lipinski definition) is 7. The van der Waals surface area contributed by atoms with Gasteiger partial charge in [-0.3, -0.25) is 9.59 Å². The second-order valence-electron chi connectivity index (χ2n) is 4.92. The molecular formula is C15H19N5O2S2. The van der Waals surface area contributed by atoms with Gasteiger partial charge in [0.25, 0.3) is 5.56 Å². The van der Waals surface area contributed by atoms with Crippen LogP contribution in [0.15, 0.2) is 40.3 Å². The maximum absolute atomic E-state index is 11.8. The number of amides is 1. The van der Waals surface area contributed by atoms with Gasteiger partial charge in [-0.2, -0.15) is 16.4 Å². The number of hydrogen-bond donors (Lipinski definition) is 2. The summed E-state index contributed by atoms with van der Waals surface area (Å²) >= 11 is 2.84. The lowest BCUT2D eigenvalue weighted by Gasteiger charge is -2.07. The standard InChI is InChI=1S/C15H19N5O2S2/c1-11-14(22)20(16)15(19-18-11)24-10-13(21)17-7-8-23-9-12-5-3-2-4-6-12/h2-6H,7-10,16H2,1H3,(H,17,21). The Labute approximate surface area is 148 Å². The number of benzene rings is 1. The third-order valence-corrected chi connectivity index (χ3v) is 5.01. The van der Waals surface area contributed by atoms with Gasteiger partial charge in [0.15, 0.2) is 0 Å². The molecule has 0 atom stereocenters. The van der Waals surface area contributed by atoms with Crippen molar-refractivity contribution in [1.82, 2.24) is 20.2 Å². The predicted molar refractivity (Wildman–Crippen MR) is 97.5 cm³/mol. The molecular weight excluding hydrogens is 346 g/mol. The molecule has 1 heterocycles. The summed E-state index contributed by atoms with van der Waals surface area (Å²) in [6.45, 7) is 2.12. The zero-order chi connectivity index (χ0) is 17.4. The van der Waals surface area contributed by atoms with Gasteiger partial charge in [0.1, 0.15) is 5.69 Å². The van der Waals surface area contributed by atoms with Crippen LogP contribution in [0.5, 0.6) is 0 Å². The summed E-state index contributed by atoms with van der Waals surface area (Å²) in [5.41, 5.74) is 1.08. The SMILES string of the molecule is Cc1nnc(SCC(=O)NCCSCc2ccccc2)n(N)c1=O. The molecule has 0 aliphatic heterocycles. The van der Waals surface area contributed by atoms with E-state index in [9.17, 15) is 9.59 Å². The maximum atomic E-state index is 11.8. The number of nitrogens with two attached hydrogens (primary N) is 1. The predicted octanol–water partition coefficient (Wildman–Crippen LogP) is 0.802. The van der Waals surface area contributed by atoms with E-state index in [2.05, 4.69) is 27.6 Å². The van der Waals surface area contributed by atoms with Crippen molar-refractivity contribution < 1.29 is 4.79 Å². The number of nitrogens with one attached hydrogen (secondary N) is 1. The van der Waals surface area contributed by atoms with Gasteiger partial charge in [-0.25, -0.2) is 0 Å². The molecule has 0 spiro atoms. The Hall–Kier alpha value is -2.00. The fraction of sp³-hybridized carbons (Fsp3) is 0.333. The minimum Gasteiger partial charge on any atom is -0.355 e. The molecule has 0 aliphatic rings. The van der Waals surface area contributed by atoms with Crippen molar-refractivity contribution in [2.24, 2.45) is 0 Å². The third kappa shape index (κ3) is 5.57. The van der Waals surface area contributed by atoms with Crippen LogP contribution in [0.2, 0.25) is 0 Å². The first-order valence-electron chi connectivity index (χ1n) is 7.30. The molecule has 1 amide bonds. The summed E-state index contributed by atoms with van der Waals surface area (Å²) in [4.78, 5) is 23.4. The van der Waals surface area contributed by atoms with Gasteiger partial charge in [-0.05, 0) is 12.5 Å². The third-order valence-electron chi connectivity index (χ3n) is 3.03. The molecule has 2 aromatic rings. The van der Waals surface area contributed by atoms with E-state index in [1.165, 1.54) is 12.5 Å². The van der Waals surface area contributed by atoms with Crippen LogP contribution in [0, 0.1) is 6.92 Å². The Balaban J connectivity index is 1.65. The highest BCUT2D eigenvalue weighted by atomic mass is 32.2. The van der Waals surface area contributed by atoms with E-state index in [1.54, 1.807) is 11.8 Å². The molecule has 9 heteroatoms. The van der Waals surface area contributed by atoms with Gasteiger partial charge in [0.2, 0.25) is 11.1 Å². The molecule has 7 nitrogen and oxygen atoms in total. The Morgan fingerprint density at radius 3 is 2.79 bits per heavy atom. The van der Waals surface area contributed by atoms with E-state index in [0.29, 0.717) is 6.54 Å². The van der Waals surface area contributed by atoms with Gasteiger partial charge in [-0.1, -0.05) is 42.1 Å². The van der Waals surface area contributed by atoms with Crippen LogP contribution in [0.4, 0.5) is 0 Å². The summed E-state index contributed by atoms with van der Waals surface area (Å²) in [6.07, 6.45) is 0. The van der Waals surface area contributed by atoms with Gasteiger partial charge in [0.05, 0.1) is 5.75 Å². The average Bonchev–Trinajstić information content (AvgIpc) is 2.60. The van der Waals surface area contributed by atoms with Crippen LogP contribution in [0.25, 0.3) is 0 Å². The molecule has 0 bridgehead atoms. The van der Waals surface area contributed by atoms with Crippen LogP contribution in [0.3, 0.4) is 0 Å². The lowest BCUT2D eigenvalue weighted by Crippen LogP contribution is -2.33.